The minimum atomic E-state index is -0.460. The second-order valence-electron chi connectivity index (χ2n) is 10.4. The van der Waals surface area contributed by atoms with Gasteiger partial charge in [-0.25, -0.2) is 9.59 Å². The number of nitrogens with zero attached hydrogens (tertiary/aromatic N) is 2. The summed E-state index contributed by atoms with van der Waals surface area (Å²) in [4.78, 5) is 29.1. The van der Waals surface area contributed by atoms with Crippen molar-refractivity contribution in [1.82, 2.24) is 20.4 Å². The van der Waals surface area contributed by atoms with Crippen LogP contribution in [0, 0.1) is 0 Å². The summed E-state index contributed by atoms with van der Waals surface area (Å²) in [7, 11) is 0. The first-order valence-corrected chi connectivity index (χ1v) is 12.4. The molecule has 1 unspecified atom stereocenters. The standard InChI is InChI=1S/C22H40N4O3.C2H6.H2/c1-21(2,3)29-20(28)25-15-12-22(4,16-25)26-13-10-18(11-14-26)24-19(27)23-17-8-6-5-7-9-17;1-2;/h17-18H,5-16H2,1-4H3,(H2,23,24,27);1-2H3;1H. The molecular formula is C24H48N4O3. The summed E-state index contributed by atoms with van der Waals surface area (Å²) in [6, 6.07) is 0.584. The van der Waals surface area contributed by atoms with Crippen molar-refractivity contribution in [2.24, 2.45) is 0 Å². The van der Waals surface area contributed by atoms with Crippen molar-refractivity contribution < 1.29 is 15.8 Å². The van der Waals surface area contributed by atoms with Gasteiger partial charge in [0.25, 0.3) is 0 Å². The van der Waals surface area contributed by atoms with Gasteiger partial charge in [0.05, 0.1) is 0 Å². The molecule has 7 heteroatoms. The van der Waals surface area contributed by atoms with Crippen LogP contribution in [0.25, 0.3) is 0 Å². The van der Waals surface area contributed by atoms with Crippen LogP contribution in [0.4, 0.5) is 9.59 Å². The van der Waals surface area contributed by atoms with Crippen molar-refractivity contribution in [3.8, 4) is 0 Å². The van der Waals surface area contributed by atoms with Crippen LogP contribution in [0.3, 0.4) is 0 Å². The highest BCUT2D eigenvalue weighted by molar-refractivity contribution is 5.74. The number of rotatable bonds is 3. The largest absolute Gasteiger partial charge is 0.444 e. The van der Waals surface area contributed by atoms with E-state index in [1.165, 1.54) is 19.3 Å². The predicted octanol–water partition coefficient (Wildman–Crippen LogP) is 4.75. The Hall–Kier alpha value is -1.50. The smallest absolute Gasteiger partial charge is 0.410 e. The van der Waals surface area contributed by atoms with E-state index in [2.05, 4.69) is 22.5 Å². The monoisotopic (exact) mass is 440 g/mol. The lowest BCUT2D eigenvalue weighted by Crippen LogP contribution is -2.56. The second kappa shape index (κ2) is 11.4. The number of piperidine rings is 1. The molecule has 7 nitrogen and oxygen atoms in total. The van der Waals surface area contributed by atoms with Gasteiger partial charge in [-0.1, -0.05) is 33.1 Å². The maximum atomic E-state index is 12.4. The van der Waals surface area contributed by atoms with Crippen molar-refractivity contribution in [1.29, 1.82) is 0 Å². The van der Waals surface area contributed by atoms with Crippen molar-refractivity contribution in [3.63, 3.8) is 0 Å². The molecule has 2 aliphatic heterocycles. The number of nitrogens with one attached hydrogen (secondary N) is 2. The van der Waals surface area contributed by atoms with Gasteiger partial charge in [0.15, 0.2) is 0 Å². The van der Waals surface area contributed by atoms with Crippen molar-refractivity contribution in [3.05, 3.63) is 0 Å². The Labute approximate surface area is 191 Å². The third-order valence-electron chi connectivity index (χ3n) is 6.64. The molecular weight excluding hydrogens is 392 g/mol. The summed E-state index contributed by atoms with van der Waals surface area (Å²) >= 11 is 0. The molecule has 3 aliphatic rings. The molecule has 0 radical (unpaired) electrons. The Morgan fingerprint density at radius 2 is 1.48 bits per heavy atom. The van der Waals surface area contributed by atoms with Crippen LogP contribution in [0.5, 0.6) is 0 Å². The topological polar surface area (TPSA) is 73.9 Å². The van der Waals surface area contributed by atoms with Gasteiger partial charge in [-0.15, -0.1) is 0 Å². The van der Waals surface area contributed by atoms with E-state index in [1.807, 2.05) is 39.5 Å². The van der Waals surface area contributed by atoms with Gasteiger partial charge in [-0.3, -0.25) is 4.90 Å². The van der Waals surface area contributed by atoms with Gasteiger partial charge in [0.2, 0.25) is 0 Å². The number of carbonyl (C=O) groups is 2. The molecule has 2 heterocycles. The van der Waals surface area contributed by atoms with Crippen molar-refractivity contribution in [2.45, 2.75) is 116 Å². The molecule has 2 N–H and O–H groups in total. The predicted molar refractivity (Wildman–Crippen MR) is 127 cm³/mol. The highest BCUT2D eigenvalue weighted by atomic mass is 16.6. The first-order valence-electron chi connectivity index (χ1n) is 12.4. The normalized spacial score (nSPS) is 26.1. The Morgan fingerprint density at radius 3 is 2.03 bits per heavy atom. The minimum absolute atomic E-state index is 0. The molecule has 1 atom stereocenters. The number of likely N-dealkylation sites (tertiary alicyclic amines) is 2. The Balaban J connectivity index is 0.00000166. The molecule has 0 bridgehead atoms. The van der Waals surface area contributed by atoms with Crippen LogP contribution >= 0.6 is 0 Å². The van der Waals surface area contributed by atoms with E-state index in [0.717, 1.165) is 51.7 Å². The number of amides is 3. The summed E-state index contributed by atoms with van der Waals surface area (Å²) in [5.74, 6) is 0. The third kappa shape index (κ3) is 7.85. The number of urea groups is 1. The van der Waals surface area contributed by atoms with Crippen LogP contribution in [0.2, 0.25) is 0 Å². The van der Waals surface area contributed by atoms with Gasteiger partial charge < -0.3 is 20.3 Å². The molecule has 0 aromatic rings. The van der Waals surface area contributed by atoms with Crippen molar-refractivity contribution in [2.75, 3.05) is 26.2 Å². The highest BCUT2D eigenvalue weighted by Gasteiger charge is 2.43. The molecule has 31 heavy (non-hydrogen) atoms. The van der Waals surface area contributed by atoms with Crippen molar-refractivity contribution >= 4 is 12.1 Å². The summed E-state index contributed by atoms with van der Waals surface area (Å²) in [5, 5.41) is 6.34. The van der Waals surface area contributed by atoms with Gasteiger partial charge in [0, 0.05) is 45.2 Å². The maximum absolute atomic E-state index is 12.4. The fourth-order valence-electron chi connectivity index (χ4n) is 4.91. The number of hydrogen-bond donors (Lipinski definition) is 2. The van der Waals surface area contributed by atoms with Gasteiger partial charge in [-0.2, -0.15) is 0 Å². The van der Waals surface area contributed by atoms with E-state index in [-0.39, 0.29) is 25.1 Å². The molecule has 182 valence electrons. The first-order chi connectivity index (χ1) is 14.6. The Kier molecular flexibility index (Phi) is 9.46. The summed E-state index contributed by atoms with van der Waals surface area (Å²) in [6.45, 7) is 15.3. The fourth-order valence-corrected chi connectivity index (χ4v) is 4.91. The number of ether oxygens (including phenoxy) is 1. The number of carbonyl (C=O) groups excluding carboxylic acids is 2. The van der Waals surface area contributed by atoms with Crippen LogP contribution in [-0.4, -0.2) is 71.3 Å². The third-order valence-corrected chi connectivity index (χ3v) is 6.64. The lowest BCUT2D eigenvalue weighted by Gasteiger charge is -2.43. The summed E-state index contributed by atoms with van der Waals surface area (Å²) in [6.07, 6.45) is 8.63. The van der Waals surface area contributed by atoms with E-state index < -0.39 is 5.60 Å². The minimum Gasteiger partial charge on any atom is -0.444 e. The lowest BCUT2D eigenvalue weighted by molar-refractivity contribution is 0.0227. The molecule has 1 saturated carbocycles. The zero-order valence-electron chi connectivity index (χ0n) is 20.8. The second-order valence-corrected chi connectivity index (χ2v) is 10.4. The summed E-state index contributed by atoms with van der Waals surface area (Å²) in [5.41, 5.74) is -0.468. The number of hydrogen-bond acceptors (Lipinski definition) is 4. The van der Waals surface area contributed by atoms with Gasteiger partial charge in [-0.05, 0) is 59.8 Å². The molecule has 3 rings (SSSR count). The van der Waals surface area contributed by atoms with E-state index in [4.69, 9.17) is 4.74 Å². The lowest BCUT2D eigenvalue weighted by atomic mass is 9.94. The molecule has 1 aliphatic carbocycles. The SMILES string of the molecule is CC.CC(C)(C)OC(=O)N1CCC(C)(N2CCC(NC(=O)NC3CCCCC3)CC2)C1.[HH]. The average Bonchev–Trinajstić information content (AvgIpc) is 3.13. The van der Waals surface area contributed by atoms with Crippen LogP contribution in [0.15, 0.2) is 0 Å². The highest BCUT2D eigenvalue weighted by Crippen LogP contribution is 2.31. The van der Waals surface area contributed by atoms with Crippen LogP contribution < -0.4 is 10.6 Å². The molecule has 3 fully saturated rings. The Morgan fingerprint density at radius 1 is 0.935 bits per heavy atom. The van der Waals surface area contributed by atoms with Crippen LogP contribution in [0.1, 0.15) is 94.3 Å². The quantitative estimate of drug-likeness (QED) is 0.664. The van der Waals surface area contributed by atoms with Gasteiger partial charge >= 0.3 is 12.1 Å². The molecule has 0 aromatic carbocycles. The molecule has 3 amide bonds. The maximum Gasteiger partial charge on any atom is 0.410 e. The first kappa shape index (κ1) is 25.8. The summed E-state index contributed by atoms with van der Waals surface area (Å²) < 4.78 is 5.54. The average molecular weight is 441 g/mol. The van der Waals surface area contributed by atoms with E-state index in [9.17, 15) is 9.59 Å². The zero-order chi connectivity index (χ0) is 23.1. The molecule has 2 saturated heterocycles. The Bertz CT molecular complexity index is 584. The fraction of sp³-hybridized carbons (Fsp3) is 0.917. The van der Waals surface area contributed by atoms with E-state index in [0.29, 0.717) is 12.6 Å². The molecule has 0 spiro atoms. The van der Waals surface area contributed by atoms with Gasteiger partial charge in [0.1, 0.15) is 5.60 Å². The molecule has 0 aromatic heterocycles. The van der Waals surface area contributed by atoms with Crippen LogP contribution in [-0.2, 0) is 4.74 Å². The van der Waals surface area contributed by atoms with E-state index in [1.54, 1.807) is 0 Å². The zero-order valence-corrected chi connectivity index (χ0v) is 20.8. The van der Waals surface area contributed by atoms with E-state index >= 15 is 0 Å².